The van der Waals surface area contributed by atoms with Crippen molar-refractivity contribution < 1.29 is 9.15 Å². The number of aryl methyl sites for hydroxylation is 1. The van der Waals surface area contributed by atoms with E-state index in [9.17, 15) is 0 Å². The highest BCUT2D eigenvalue weighted by molar-refractivity contribution is 6.17. The zero-order chi connectivity index (χ0) is 10.4. The van der Waals surface area contributed by atoms with Gasteiger partial charge < -0.3 is 9.15 Å². The van der Waals surface area contributed by atoms with E-state index in [2.05, 4.69) is 11.9 Å². The summed E-state index contributed by atoms with van der Waals surface area (Å²) in [7, 11) is 1.70. The number of hydrogen-bond donors (Lipinski definition) is 0. The highest BCUT2D eigenvalue weighted by Crippen LogP contribution is 2.11. The minimum Gasteiger partial charge on any atom is -0.446 e. The van der Waals surface area contributed by atoms with Crippen LogP contribution in [0.3, 0.4) is 0 Å². The van der Waals surface area contributed by atoms with Crippen LogP contribution in [-0.2, 0) is 17.6 Å². The zero-order valence-electron chi connectivity index (χ0n) is 8.62. The van der Waals surface area contributed by atoms with Crippen molar-refractivity contribution in [2.45, 2.75) is 19.8 Å². The third-order valence-corrected chi connectivity index (χ3v) is 2.10. The molecule has 1 heterocycles. The first-order valence-electron chi connectivity index (χ1n) is 4.74. The van der Waals surface area contributed by atoms with Crippen LogP contribution in [0.1, 0.15) is 18.6 Å². The topological polar surface area (TPSA) is 35.3 Å². The SMILES string of the molecule is COCC(C)Cc1cnc(CCCl)o1. The summed E-state index contributed by atoms with van der Waals surface area (Å²) < 4.78 is 10.5. The molecule has 1 atom stereocenters. The van der Waals surface area contributed by atoms with Gasteiger partial charge in [-0.2, -0.15) is 0 Å². The maximum Gasteiger partial charge on any atom is 0.195 e. The summed E-state index contributed by atoms with van der Waals surface area (Å²) in [4.78, 5) is 4.13. The Morgan fingerprint density at radius 3 is 3.07 bits per heavy atom. The van der Waals surface area contributed by atoms with Crippen molar-refractivity contribution in [2.75, 3.05) is 19.6 Å². The molecule has 1 aromatic rings. The van der Waals surface area contributed by atoms with Crippen molar-refractivity contribution in [3.05, 3.63) is 17.8 Å². The predicted octanol–water partition coefficient (Wildman–Crippen LogP) is 2.28. The van der Waals surface area contributed by atoms with Gasteiger partial charge in [0.25, 0.3) is 0 Å². The molecule has 0 saturated heterocycles. The number of ether oxygens (including phenoxy) is 1. The Morgan fingerprint density at radius 2 is 2.43 bits per heavy atom. The quantitative estimate of drug-likeness (QED) is 0.686. The number of alkyl halides is 1. The van der Waals surface area contributed by atoms with E-state index in [0.29, 0.717) is 18.2 Å². The fourth-order valence-electron chi connectivity index (χ4n) is 1.33. The molecule has 3 nitrogen and oxygen atoms in total. The third kappa shape index (κ3) is 3.68. The van der Waals surface area contributed by atoms with Gasteiger partial charge in [-0.15, -0.1) is 11.6 Å². The third-order valence-electron chi connectivity index (χ3n) is 1.91. The molecule has 0 fully saturated rings. The van der Waals surface area contributed by atoms with E-state index in [1.54, 1.807) is 13.3 Å². The van der Waals surface area contributed by atoms with Crippen LogP contribution >= 0.6 is 11.6 Å². The molecule has 0 saturated carbocycles. The molecule has 80 valence electrons. The van der Waals surface area contributed by atoms with Gasteiger partial charge >= 0.3 is 0 Å². The van der Waals surface area contributed by atoms with Crippen LogP contribution in [0.15, 0.2) is 10.6 Å². The summed E-state index contributed by atoms with van der Waals surface area (Å²) in [6.45, 7) is 2.86. The lowest BCUT2D eigenvalue weighted by molar-refractivity contribution is 0.156. The lowest BCUT2D eigenvalue weighted by Crippen LogP contribution is -2.06. The summed E-state index contributed by atoms with van der Waals surface area (Å²) in [5.74, 6) is 2.64. The number of halogens is 1. The Kier molecular flexibility index (Phi) is 4.98. The van der Waals surface area contributed by atoms with Crippen LogP contribution in [0.2, 0.25) is 0 Å². The Labute approximate surface area is 89.4 Å². The number of hydrogen-bond acceptors (Lipinski definition) is 3. The number of rotatable bonds is 6. The van der Waals surface area contributed by atoms with Crippen LogP contribution in [0.4, 0.5) is 0 Å². The van der Waals surface area contributed by atoms with Gasteiger partial charge in [-0.3, -0.25) is 0 Å². The molecule has 0 aliphatic heterocycles. The first kappa shape index (κ1) is 11.5. The van der Waals surface area contributed by atoms with Gasteiger partial charge in [-0.05, 0) is 5.92 Å². The largest absolute Gasteiger partial charge is 0.446 e. The Bertz CT molecular complexity index is 262. The molecular formula is C10H16ClNO2. The van der Waals surface area contributed by atoms with E-state index < -0.39 is 0 Å². The second-order valence-electron chi connectivity index (χ2n) is 3.42. The summed E-state index contributed by atoms with van der Waals surface area (Å²) >= 11 is 5.58. The normalized spacial score (nSPS) is 13.1. The van der Waals surface area contributed by atoms with Crippen LogP contribution < -0.4 is 0 Å². The average Bonchev–Trinajstić information content (AvgIpc) is 2.53. The number of aromatic nitrogens is 1. The fraction of sp³-hybridized carbons (Fsp3) is 0.700. The molecule has 1 aromatic heterocycles. The molecule has 0 radical (unpaired) electrons. The van der Waals surface area contributed by atoms with Gasteiger partial charge in [0.05, 0.1) is 6.20 Å². The maximum absolute atomic E-state index is 5.58. The lowest BCUT2D eigenvalue weighted by atomic mass is 10.1. The molecular weight excluding hydrogens is 202 g/mol. The van der Waals surface area contributed by atoms with Crippen molar-refractivity contribution in [3.63, 3.8) is 0 Å². The first-order chi connectivity index (χ1) is 6.76. The number of methoxy groups -OCH3 is 1. The van der Waals surface area contributed by atoms with Crippen molar-refractivity contribution in [2.24, 2.45) is 5.92 Å². The van der Waals surface area contributed by atoms with E-state index in [1.807, 2.05) is 0 Å². The highest BCUT2D eigenvalue weighted by Gasteiger charge is 2.08. The molecule has 4 heteroatoms. The van der Waals surface area contributed by atoms with Crippen LogP contribution in [0.5, 0.6) is 0 Å². The van der Waals surface area contributed by atoms with Gasteiger partial charge in [0.2, 0.25) is 0 Å². The molecule has 0 bridgehead atoms. The summed E-state index contributed by atoms with van der Waals surface area (Å²) in [5, 5.41) is 0. The van der Waals surface area contributed by atoms with Crippen LogP contribution in [0, 0.1) is 5.92 Å². The molecule has 1 unspecified atom stereocenters. The van der Waals surface area contributed by atoms with E-state index in [1.165, 1.54) is 0 Å². The summed E-state index contributed by atoms with van der Waals surface area (Å²) in [5.41, 5.74) is 0. The zero-order valence-corrected chi connectivity index (χ0v) is 9.38. The minimum absolute atomic E-state index is 0.455. The lowest BCUT2D eigenvalue weighted by Gasteiger charge is -2.06. The molecule has 0 N–H and O–H groups in total. The summed E-state index contributed by atoms with van der Waals surface area (Å²) in [6, 6.07) is 0. The van der Waals surface area contributed by atoms with Crippen molar-refractivity contribution >= 4 is 11.6 Å². The Balaban J connectivity index is 2.42. The molecule has 0 aliphatic rings. The van der Waals surface area contributed by atoms with E-state index in [4.69, 9.17) is 20.8 Å². The van der Waals surface area contributed by atoms with Crippen molar-refractivity contribution in [3.8, 4) is 0 Å². The second kappa shape index (κ2) is 6.04. The molecule has 1 rings (SSSR count). The molecule has 14 heavy (non-hydrogen) atoms. The first-order valence-corrected chi connectivity index (χ1v) is 5.28. The van der Waals surface area contributed by atoms with Crippen molar-refractivity contribution in [1.29, 1.82) is 0 Å². The van der Waals surface area contributed by atoms with E-state index in [0.717, 1.165) is 24.7 Å². The fourth-order valence-corrected chi connectivity index (χ4v) is 1.49. The number of nitrogens with zero attached hydrogens (tertiary/aromatic N) is 1. The molecule has 0 spiro atoms. The smallest absolute Gasteiger partial charge is 0.195 e. The van der Waals surface area contributed by atoms with E-state index in [-0.39, 0.29) is 0 Å². The van der Waals surface area contributed by atoms with Gasteiger partial charge in [0.15, 0.2) is 5.89 Å². The monoisotopic (exact) mass is 217 g/mol. The molecule has 0 aromatic carbocycles. The average molecular weight is 218 g/mol. The van der Waals surface area contributed by atoms with E-state index >= 15 is 0 Å². The highest BCUT2D eigenvalue weighted by atomic mass is 35.5. The number of oxazole rings is 1. The molecule has 0 aliphatic carbocycles. The van der Waals surface area contributed by atoms with Gasteiger partial charge in [0.1, 0.15) is 5.76 Å². The van der Waals surface area contributed by atoms with Gasteiger partial charge in [-0.1, -0.05) is 6.92 Å². The van der Waals surface area contributed by atoms with Crippen LogP contribution in [0.25, 0.3) is 0 Å². The van der Waals surface area contributed by atoms with Crippen LogP contribution in [-0.4, -0.2) is 24.6 Å². The predicted molar refractivity (Wildman–Crippen MR) is 55.7 cm³/mol. The van der Waals surface area contributed by atoms with Gasteiger partial charge in [-0.25, -0.2) is 4.98 Å². The minimum atomic E-state index is 0.455. The summed E-state index contributed by atoms with van der Waals surface area (Å²) in [6.07, 6.45) is 3.33. The maximum atomic E-state index is 5.58. The standard InChI is InChI=1S/C10H16ClNO2/c1-8(7-13-2)5-9-6-12-10(14-9)3-4-11/h6,8H,3-5,7H2,1-2H3. The van der Waals surface area contributed by atoms with Gasteiger partial charge in [0, 0.05) is 32.4 Å². The second-order valence-corrected chi connectivity index (χ2v) is 3.80. The molecule has 0 amide bonds. The Hall–Kier alpha value is -0.540. The Morgan fingerprint density at radius 1 is 1.64 bits per heavy atom. The van der Waals surface area contributed by atoms with Crippen molar-refractivity contribution in [1.82, 2.24) is 4.98 Å².